The van der Waals surface area contributed by atoms with E-state index in [1.807, 2.05) is 19.1 Å². The molecule has 1 amide bonds. The first-order valence-electron chi connectivity index (χ1n) is 8.51. The highest BCUT2D eigenvalue weighted by molar-refractivity contribution is 7.14. The van der Waals surface area contributed by atoms with E-state index >= 15 is 0 Å². The molecule has 0 saturated carbocycles. The Labute approximate surface area is 165 Å². The van der Waals surface area contributed by atoms with Crippen molar-refractivity contribution < 1.29 is 19.4 Å². The Hall–Kier alpha value is -3.04. The fraction of sp³-hybridized carbons (Fsp3) is 0.263. The predicted octanol–water partition coefficient (Wildman–Crippen LogP) is 2.58. The summed E-state index contributed by atoms with van der Waals surface area (Å²) in [5.74, 6) is 0.779. The third-order valence-electron chi connectivity index (χ3n) is 4.52. The lowest BCUT2D eigenvalue weighted by Gasteiger charge is -2.10. The van der Waals surface area contributed by atoms with Crippen LogP contribution in [0, 0.1) is 6.92 Å². The second-order valence-electron chi connectivity index (χ2n) is 6.25. The molecule has 0 saturated heterocycles. The summed E-state index contributed by atoms with van der Waals surface area (Å²) in [6.07, 6.45) is 1.67. The molecule has 9 heteroatoms. The molecular weight excluding hydrogens is 380 g/mol. The van der Waals surface area contributed by atoms with E-state index in [0.29, 0.717) is 46.0 Å². The molecule has 0 fully saturated rings. The van der Waals surface area contributed by atoms with Crippen molar-refractivity contribution in [2.24, 2.45) is 0 Å². The summed E-state index contributed by atoms with van der Waals surface area (Å²) in [5, 5.41) is 11.5. The Kier molecular flexibility index (Phi) is 4.70. The molecule has 3 aromatic rings. The Morgan fingerprint density at radius 2 is 2.07 bits per heavy atom. The monoisotopic (exact) mass is 398 g/mol. The molecular formula is C19H18N4O4S. The lowest BCUT2D eigenvalue weighted by molar-refractivity contribution is 0.0996. The molecule has 1 aliphatic heterocycles. The number of hydrogen-bond donors (Lipinski definition) is 1. The molecule has 0 unspecified atom stereocenters. The number of rotatable bonds is 5. The van der Waals surface area contributed by atoms with E-state index in [1.165, 1.54) is 18.4 Å². The molecule has 0 bridgehead atoms. The van der Waals surface area contributed by atoms with Crippen LogP contribution in [0.15, 0.2) is 23.7 Å². The number of anilines is 1. The van der Waals surface area contributed by atoms with E-state index < -0.39 is 0 Å². The fourth-order valence-electron chi connectivity index (χ4n) is 3.17. The van der Waals surface area contributed by atoms with Crippen LogP contribution < -0.4 is 14.4 Å². The number of aliphatic hydroxyl groups excluding tert-OH is 1. The maximum Gasteiger partial charge on any atom is 0.262 e. The Bertz CT molecular complexity index is 1070. The number of methoxy groups -OCH3 is 2. The molecule has 0 radical (unpaired) electrons. The minimum atomic E-state index is -0.154. The quantitative estimate of drug-likeness (QED) is 0.705. The molecule has 28 heavy (non-hydrogen) atoms. The summed E-state index contributed by atoms with van der Waals surface area (Å²) in [6.45, 7) is 2.07. The van der Waals surface area contributed by atoms with Crippen molar-refractivity contribution in [1.82, 2.24) is 15.0 Å². The molecule has 0 atom stereocenters. The number of ether oxygens (including phenoxy) is 2. The van der Waals surface area contributed by atoms with E-state index in [9.17, 15) is 9.90 Å². The van der Waals surface area contributed by atoms with Crippen LogP contribution in [-0.4, -0.2) is 40.2 Å². The van der Waals surface area contributed by atoms with Crippen molar-refractivity contribution in [3.05, 3.63) is 46.2 Å². The summed E-state index contributed by atoms with van der Waals surface area (Å²) in [7, 11) is 3.08. The van der Waals surface area contributed by atoms with Crippen molar-refractivity contribution in [2.45, 2.75) is 20.1 Å². The van der Waals surface area contributed by atoms with Gasteiger partial charge in [0.15, 0.2) is 10.9 Å². The molecule has 1 N–H and O–H groups in total. The van der Waals surface area contributed by atoms with Gasteiger partial charge in [-0.2, -0.15) is 0 Å². The molecule has 3 aromatic heterocycles. The van der Waals surface area contributed by atoms with Crippen molar-refractivity contribution in [3.63, 3.8) is 0 Å². The van der Waals surface area contributed by atoms with Gasteiger partial charge in [0.25, 0.3) is 11.8 Å². The van der Waals surface area contributed by atoms with Gasteiger partial charge in [-0.3, -0.25) is 14.7 Å². The van der Waals surface area contributed by atoms with Gasteiger partial charge in [0.05, 0.1) is 50.0 Å². The number of fused-ring (bicyclic) bond motifs is 1. The van der Waals surface area contributed by atoms with Crippen LogP contribution in [0.4, 0.5) is 5.13 Å². The fourth-order valence-corrected chi connectivity index (χ4v) is 3.98. The maximum atomic E-state index is 12.9. The number of amides is 1. The molecule has 0 aliphatic carbocycles. The van der Waals surface area contributed by atoms with Gasteiger partial charge in [0.1, 0.15) is 0 Å². The second-order valence-corrected chi connectivity index (χ2v) is 7.09. The van der Waals surface area contributed by atoms with Crippen molar-refractivity contribution >= 4 is 22.4 Å². The molecule has 0 spiro atoms. The first-order chi connectivity index (χ1) is 13.5. The largest absolute Gasteiger partial charge is 0.491 e. The number of hydrogen-bond acceptors (Lipinski definition) is 8. The molecule has 144 valence electrons. The third kappa shape index (κ3) is 2.98. The van der Waals surface area contributed by atoms with Gasteiger partial charge in [-0.25, -0.2) is 9.97 Å². The summed E-state index contributed by atoms with van der Waals surface area (Å²) in [4.78, 5) is 27.7. The standard InChI is InChI=1S/C19H18N4O4S/c1-10-4-13(11-5-15(26-2)17(27-3)20-6-11)22-14-7-23(18(25)16(10)14)19-21-12(8-24)9-28-19/h4-6,9,24H,7-8H2,1-3H3. The average Bonchev–Trinajstić information content (AvgIpc) is 3.31. The highest BCUT2D eigenvalue weighted by Gasteiger charge is 2.33. The van der Waals surface area contributed by atoms with Gasteiger partial charge in [0, 0.05) is 17.1 Å². The number of pyridine rings is 2. The lowest BCUT2D eigenvalue weighted by atomic mass is 10.1. The van der Waals surface area contributed by atoms with Gasteiger partial charge in [0.2, 0.25) is 0 Å². The summed E-state index contributed by atoms with van der Waals surface area (Å²) in [5.41, 5.74) is 4.14. The zero-order chi connectivity index (χ0) is 19.8. The Morgan fingerprint density at radius 1 is 1.25 bits per heavy atom. The first kappa shape index (κ1) is 18.3. The SMILES string of the molecule is COc1cc(-c2cc(C)c3c(n2)CN(c2nc(CO)cs2)C3=O)cnc1OC. The van der Waals surface area contributed by atoms with Crippen LogP contribution in [0.25, 0.3) is 11.3 Å². The van der Waals surface area contributed by atoms with Gasteiger partial charge >= 0.3 is 0 Å². The minimum Gasteiger partial charge on any atom is -0.491 e. The molecule has 0 aromatic carbocycles. The number of aromatic nitrogens is 3. The first-order valence-corrected chi connectivity index (χ1v) is 9.39. The van der Waals surface area contributed by atoms with E-state index in [1.54, 1.807) is 23.6 Å². The van der Waals surface area contributed by atoms with E-state index in [0.717, 1.165) is 11.1 Å². The number of carbonyl (C=O) groups is 1. The van der Waals surface area contributed by atoms with Gasteiger partial charge in [-0.05, 0) is 24.6 Å². The highest BCUT2D eigenvalue weighted by Crippen LogP contribution is 2.35. The van der Waals surface area contributed by atoms with Gasteiger partial charge in [-0.1, -0.05) is 0 Å². The van der Waals surface area contributed by atoms with Crippen LogP contribution in [0.1, 0.15) is 27.3 Å². The molecule has 8 nitrogen and oxygen atoms in total. The normalized spacial score (nSPS) is 13.0. The van der Waals surface area contributed by atoms with Crippen molar-refractivity contribution in [1.29, 1.82) is 0 Å². The lowest BCUT2D eigenvalue weighted by Crippen LogP contribution is -2.23. The Balaban J connectivity index is 1.72. The summed E-state index contributed by atoms with van der Waals surface area (Å²) < 4.78 is 10.5. The van der Waals surface area contributed by atoms with E-state index in [-0.39, 0.29) is 12.5 Å². The van der Waals surface area contributed by atoms with Crippen LogP contribution in [0.5, 0.6) is 11.6 Å². The van der Waals surface area contributed by atoms with Crippen LogP contribution in [0.3, 0.4) is 0 Å². The van der Waals surface area contributed by atoms with Crippen molar-refractivity contribution in [3.8, 4) is 22.9 Å². The van der Waals surface area contributed by atoms with Crippen LogP contribution >= 0.6 is 11.3 Å². The maximum absolute atomic E-state index is 12.9. The molecule has 4 heterocycles. The molecule has 1 aliphatic rings. The van der Waals surface area contributed by atoms with Crippen molar-refractivity contribution in [2.75, 3.05) is 19.1 Å². The highest BCUT2D eigenvalue weighted by atomic mass is 32.1. The predicted molar refractivity (Wildman–Crippen MR) is 104 cm³/mol. The zero-order valence-corrected chi connectivity index (χ0v) is 16.4. The third-order valence-corrected chi connectivity index (χ3v) is 5.43. The van der Waals surface area contributed by atoms with E-state index in [4.69, 9.17) is 14.5 Å². The zero-order valence-electron chi connectivity index (χ0n) is 15.6. The number of aliphatic hydroxyl groups is 1. The second kappa shape index (κ2) is 7.17. The smallest absolute Gasteiger partial charge is 0.262 e. The molecule has 4 rings (SSSR count). The average molecular weight is 398 g/mol. The summed E-state index contributed by atoms with van der Waals surface area (Å²) in [6, 6.07) is 3.67. The number of thiazole rings is 1. The van der Waals surface area contributed by atoms with Gasteiger partial charge in [-0.15, -0.1) is 11.3 Å². The van der Waals surface area contributed by atoms with Crippen LogP contribution in [0.2, 0.25) is 0 Å². The van der Waals surface area contributed by atoms with Gasteiger partial charge < -0.3 is 14.6 Å². The minimum absolute atomic E-state index is 0.129. The topological polar surface area (TPSA) is 97.7 Å². The number of carbonyl (C=O) groups excluding carboxylic acids is 1. The van der Waals surface area contributed by atoms with E-state index in [2.05, 4.69) is 9.97 Å². The van der Waals surface area contributed by atoms with Crippen LogP contribution in [-0.2, 0) is 13.2 Å². The number of aryl methyl sites for hydroxylation is 1. The summed E-state index contributed by atoms with van der Waals surface area (Å²) >= 11 is 1.33. The number of nitrogens with zero attached hydrogens (tertiary/aromatic N) is 4. The Morgan fingerprint density at radius 3 is 2.75 bits per heavy atom.